The minimum atomic E-state index is -1.27. The Morgan fingerprint density at radius 3 is 1.24 bits per heavy atom. The zero-order chi connectivity index (χ0) is 43.8. The number of rotatable bonds is 26. The summed E-state index contributed by atoms with van der Waals surface area (Å²) in [7, 11) is 0. The first-order chi connectivity index (χ1) is 30.3. The minimum Gasteiger partial charge on any atom is -0.492 e. The Bertz CT molecular complexity index is 1870. The molecule has 0 bridgehead atoms. The van der Waals surface area contributed by atoms with E-state index in [4.69, 9.17) is 37.9 Å². The van der Waals surface area contributed by atoms with Gasteiger partial charge in [0, 0.05) is 23.3 Å². The lowest BCUT2D eigenvalue weighted by Gasteiger charge is -2.30. The number of carbonyl (C=O) groups excluding carboxylic acids is 4. The largest absolute Gasteiger partial charge is 0.492 e. The molecule has 14 nitrogen and oxygen atoms in total. The Morgan fingerprint density at radius 2 is 0.887 bits per heavy atom. The van der Waals surface area contributed by atoms with Gasteiger partial charge in [0.2, 0.25) is 0 Å². The average molecular weight is 851 g/mol. The number of nitrogens with zero attached hydrogens (tertiary/aromatic N) is 2. The van der Waals surface area contributed by atoms with Crippen LogP contribution >= 0.6 is 0 Å². The third kappa shape index (κ3) is 15.9. The standard InChI is InChI=1S/C48H54N2O12/c1-3-43(51)57-29-13-9-5-7-11-27-55-39-23-25-41(49-33-39)35-15-19-37(20-16-35)45(53)61-47-48(60-32-31-59-47)62-46(54)38-21-17-36(18-22-38)42-26-24-40(34-50-42)56-28-12-8-6-10-14-30-58-44(52)4-2/h3-4,15-26,33-34,47-48H,1-2,5-14,27-32H2/t47-,48-/m1/s1. The molecule has 0 saturated carbocycles. The van der Waals surface area contributed by atoms with Gasteiger partial charge >= 0.3 is 23.9 Å². The number of benzene rings is 2. The van der Waals surface area contributed by atoms with Crippen LogP contribution in [0.25, 0.3) is 22.5 Å². The third-order valence-corrected chi connectivity index (χ3v) is 9.56. The molecule has 1 fully saturated rings. The molecular weight excluding hydrogens is 797 g/mol. The summed E-state index contributed by atoms with van der Waals surface area (Å²) >= 11 is 0. The summed E-state index contributed by atoms with van der Waals surface area (Å²) in [5.41, 5.74) is 3.53. The molecule has 3 heterocycles. The molecule has 0 aliphatic carbocycles. The van der Waals surface area contributed by atoms with Crippen molar-refractivity contribution >= 4 is 23.9 Å². The Balaban J connectivity index is 1.00. The van der Waals surface area contributed by atoms with E-state index in [0.717, 1.165) is 75.3 Å². The lowest BCUT2D eigenvalue weighted by Crippen LogP contribution is -2.44. The highest BCUT2D eigenvalue weighted by molar-refractivity contribution is 5.91. The summed E-state index contributed by atoms with van der Waals surface area (Å²) in [6.45, 7) is 9.02. The molecule has 0 N–H and O–H groups in total. The van der Waals surface area contributed by atoms with E-state index in [0.29, 0.717) is 49.3 Å². The normalized spacial score (nSPS) is 14.5. The van der Waals surface area contributed by atoms with Crippen LogP contribution in [0.15, 0.2) is 111 Å². The van der Waals surface area contributed by atoms with Gasteiger partial charge in [-0.3, -0.25) is 9.97 Å². The average Bonchev–Trinajstić information content (AvgIpc) is 3.31. The molecule has 4 aromatic rings. The number of ether oxygens (including phenoxy) is 8. The highest BCUT2D eigenvalue weighted by atomic mass is 16.8. The number of esters is 4. The van der Waals surface area contributed by atoms with Gasteiger partial charge in [0.15, 0.2) is 0 Å². The summed E-state index contributed by atoms with van der Waals surface area (Å²) in [5.74, 6) is -0.804. The van der Waals surface area contributed by atoms with E-state index in [1.165, 1.54) is 12.2 Å². The Labute approximate surface area is 362 Å². The quantitative estimate of drug-likeness (QED) is 0.0255. The van der Waals surface area contributed by atoms with Gasteiger partial charge in [-0.25, -0.2) is 19.2 Å². The summed E-state index contributed by atoms with van der Waals surface area (Å²) in [6, 6.07) is 20.9. The number of hydrogen-bond donors (Lipinski definition) is 0. The Hall–Kier alpha value is -6.38. The fraction of sp³-hybridized carbons (Fsp3) is 0.375. The van der Waals surface area contributed by atoms with E-state index >= 15 is 0 Å². The fourth-order valence-corrected chi connectivity index (χ4v) is 6.15. The number of unbranched alkanes of at least 4 members (excludes halogenated alkanes) is 8. The molecule has 62 heavy (non-hydrogen) atoms. The van der Waals surface area contributed by atoms with Crippen LogP contribution in [-0.2, 0) is 38.0 Å². The van der Waals surface area contributed by atoms with Crippen LogP contribution in [0.5, 0.6) is 11.5 Å². The van der Waals surface area contributed by atoms with E-state index in [9.17, 15) is 19.2 Å². The van der Waals surface area contributed by atoms with Crippen molar-refractivity contribution in [2.45, 2.75) is 76.8 Å². The molecule has 5 rings (SSSR count). The molecule has 2 aromatic carbocycles. The SMILES string of the molecule is C=CC(=O)OCCCCCCCOc1ccc(-c2ccc(C(=O)O[C@H]3OCCO[C@@H]3OC(=O)c3ccc(-c4ccc(OCCCCCCCOC(=O)C=C)cn4)cc3)cc2)nc1. The number of aromatic nitrogens is 2. The van der Waals surface area contributed by atoms with E-state index in [2.05, 4.69) is 23.1 Å². The van der Waals surface area contributed by atoms with Crippen LogP contribution in [0.3, 0.4) is 0 Å². The Morgan fingerprint density at radius 1 is 0.516 bits per heavy atom. The third-order valence-electron chi connectivity index (χ3n) is 9.56. The van der Waals surface area contributed by atoms with Crippen LogP contribution in [-0.4, -0.2) is 86.1 Å². The summed E-state index contributed by atoms with van der Waals surface area (Å²) in [4.78, 5) is 57.4. The van der Waals surface area contributed by atoms with Crippen molar-refractivity contribution in [3.63, 3.8) is 0 Å². The predicted octanol–water partition coefficient (Wildman–Crippen LogP) is 8.64. The van der Waals surface area contributed by atoms with Gasteiger partial charge in [0.1, 0.15) is 11.5 Å². The van der Waals surface area contributed by atoms with Crippen molar-refractivity contribution in [3.05, 3.63) is 122 Å². The first-order valence-corrected chi connectivity index (χ1v) is 20.9. The van der Waals surface area contributed by atoms with Crippen molar-refractivity contribution in [3.8, 4) is 34.0 Å². The molecule has 0 unspecified atom stereocenters. The lowest BCUT2D eigenvalue weighted by atomic mass is 10.1. The monoisotopic (exact) mass is 850 g/mol. The highest BCUT2D eigenvalue weighted by Crippen LogP contribution is 2.24. The van der Waals surface area contributed by atoms with Crippen LogP contribution in [0, 0.1) is 0 Å². The molecule has 1 aliphatic rings. The molecule has 0 radical (unpaired) electrons. The van der Waals surface area contributed by atoms with Crippen molar-refractivity contribution in [1.82, 2.24) is 9.97 Å². The summed E-state index contributed by atoms with van der Waals surface area (Å²) < 4.78 is 44.0. The first-order valence-electron chi connectivity index (χ1n) is 20.9. The van der Waals surface area contributed by atoms with Gasteiger partial charge < -0.3 is 37.9 Å². The maximum absolute atomic E-state index is 13.1. The number of carbonyl (C=O) groups is 4. The topological polar surface area (TPSA) is 168 Å². The maximum Gasteiger partial charge on any atom is 0.340 e. The van der Waals surface area contributed by atoms with Gasteiger partial charge in [0.05, 0.1) is 74.5 Å². The minimum absolute atomic E-state index is 0.149. The van der Waals surface area contributed by atoms with E-state index < -0.39 is 36.5 Å². The smallest absolute Gasteiger partial charge is 0.340 e. The van der Waals surface area contributed by atoms with Crippen molar-refractivity contribution in [2.24, 2.45) is 0 Å². The van der Waals surface area contributed by atoms with Gasteiger partial charge in [0.25, 0.3) is 12.6 Å². The zero-order valence-electron chi connectivity index (χ0n) is 34.9. The van der Waals surface area contributed by atoms with Crippen LogP contribution in [0.4, 0.5) is 0 Å². The Kier molecular flexibility index (Phi) is 19.6. The van der Waals surface area contributed by atoms with Gasteiger partial charge in [-0.05, 0) is 74.2 Å². The molecule has 2 aromatic heterocycles. The van der Waals surface area contributed by atoms with Crippen LogP contribution in [0.1, 0.15) is 84.9 Å². The van der Waals surface area contributed by atoms with Gasteiger partial charge in [-0.1, -0.05) is 75.9 Å². The van der Waals surface area contributed by atoms with Crippen molar-refractivity contribution in [1.29, 1.82) is 0 Å². The second kappa shape index (κ2) is 26.1. The van der Waals surface area contributed by atoms with Crippen molar-refractivity contribution in [2.75, 3.05) is 39.6 Å². The second-order valence-corrected chi connectivity index (χ2v) is 14.2. The number of pyridine rings is 2. The molecule has 0 spiro atoms. The molecule has 328 valence electrons. The lowest BCUT2D eigenvalue weighted by molar-refractivity contribution is -0.288. The van der Waals surface area contributed by atoms with E-state index in [-0.39, 0.29) is 24.3 Å². The highest BCUT2D eigenvalue weighted by Gasteiger charge is 2.34. The molecular formula is C48H54N2O12. The van der Waals surface area contributed by atoms with Crippen molar-refractivity contribution < 1.29 is 57.1 Å². The zero-order valence-corrected chi connectivity index (χ0v) is 34.9. The molecule has 1 aliphatic heterocycles. The number of hydrogen-bond acceptors (Lipinski definition) is 14. The molecule has 2 atom stereocenters. The second-order valence-electron chi connectivity index (χ2n) is 14.2. The molecule has 1 saturated heterocycles. The molecule has 14 heteroatoms. The predicted molar refractivity (Wildman–Crippen MR) is 229 cm³/mol. The molecule has 0 amide bonds. The maximum atomic E-state index is 13.1. The van der Waals surface area contributed by atoms with E-state index in [1.54, 1.807) is 60.9 Å². The van der Waals surface area contributed by atoms with Gasteiger partial charge in [-0.15, -0.1) is 0 Å². The van der Waals surface area contributed by atoms with Crippen LogP contribution in [0.2, 0.25) is 0 Å². The van der Waals surface area contributed by atoms with E-state index in [1.807, 2.05) is 24.3 Å². The summed E-state index contributed by atoms with van der Waals surface area (Å²) in [6.07, 6.45) is 12.6. The first kappa shape index (κ1) is 46.7. The van der Waals surface area contributed by atoms with Gasteiger partial charge in [-0.2, -0.15) is 0 Å². The fourth-order valence-electron chi connectivity index (χ4n) is 6.15. The summed E-state index contributed by atoms with van der Waals surface area (Å²) in [5, 5.41) is 0. The van der Waals surface area contributed by atoms with Crippen LogP contribution < -0.4 is 9.47 Å².